The van der Waals surface area contributed by atoms with Crippen molar-refractivity contribution >= 4 is 29.0 Å². The highest BCUT2D eigenvalue weighted by Gasteiger charge is 2.10. The number of nitrogens with zero attached hydrogens (tertiary/aromatic N) is 3. The van der Waals surface area contributed by atoms with Gasteiger partial charge in [0.15, 0.2) is 0 Å². The average molecular weight is 384 g/mol. The SMILES string of the molecule is COc1cc(Cl)c(C)cc1Nc1cnc(C(=O)NCc2cccnc2)cn1. The molecule has 0 aliphatic rings. The van der Waals surface area contributed by atoms with E-state index in [1.54, 1.807) is 25.6 Å². The number of ether oxygens (including phenoxy) is 1. The number of aromatic nitrogens is 3. The molecule has 0 unspecified atom stereocenters. The number of pyridine rings is 1. The van der Waals surface area contributed by atoms with E-state index in [0.717, 1.165) is 11.1 Å². The number of nitrogens with one attached hydrogen (secondary N) is 2. The molecule has 2 aromatic heterocycles. The Hall–Kier alpha value is -3.19. The van der Waals surface area contributed by atoms with Crippen molar-refractivity contribution in [2.45, 2.75) is 13.5 Å². The van der Waals surface area contributed by atoms with E-state index in [4.69, 9.17) is 16.3 Å². The average Bonchev–Trinajstić information content (AvgIpc) is 2.70. The van der Waals surface area contributed by atoms with Crippen molar-refractivity contribution in [1.82, 2.24) is 20.3 Å². The molecule has 0 aliphatic heterocycles. The van der Waals surface area contributed by atoms with Gasteiger partial charge in [-0.3, -0.25) is 9.78 Å². The summed E-state index contributed by atoms with van der Waals surface area (Å²) in [5.74, 6) is 0.766. The third kappa shape index (κ3) is 4.71. The Bertz CT molecular complexity index is 933. The van der Waals surface area contributed by atoms with E-state index < -0.39 is 0 Å². The summed E-state index contributed by atoms with van der Waals surface area (Å²) in [6.07, 6.45) is 6.28. The van der Waals surface area contributed by atoms with Crippen molar-refractivity contribution in [1.29, 1.82) is 0 Å². The van der Waals surface area contributed by atoms with Crippen LogP contribution in [0.1, 0.15) is 21.6 Å². The van der Waals surface area contributed by atoms with Crippen LogP contribution in [-0.4, -0.2) is 28.0 Å². The third-order valence-electron chi connectivity index (χ3n) is 3.80. The molecule has 0 aliphatic carbocycles. The van der Waals surface area contributed by atoms with Gasteiger partial charge in [-0.15, -0.1) is 0 Å². The van der Waals surface area contributed by atoms with Gasteiger partial charge in [-0.05, 0) is 30.2 Å². The number of amides is 1. The zero-order valence-corrected chi connectivity index (χ0v) is 15.6. The summed E-state index contributed by atoms with van der Waals surface area (Å²) in [4.78, 5) is 24.6. The maximum Gasteiger partial charge on any atom is 0.271 e. The van der Waals surface area contributed by atoms with Crippen LogP contribution in [-0.2, 0) is 6.54 Å². The fraction of sp³-hybridized carbons (Fsp3) is 0.158. The highest BCUT2D eigenvalue weighted by molar-refractivity contribution is 6.31. The van der Waals surface area contributed by atoms with Gasteiger partial charge in [-0.2, -0.15) is 0 Å². The molecule has 8 heteroatoms. The summed E-state index contributed by atoms with van der Waals surface area (Å²) in [5.41, 5.74) is 2.74. The van der Waals surface area contributed by atoms with Crippen molar-refractivity contribution in [3.05, 3.63) is 70.9 Å². The van der Waals surface area contributed by atoms with E-state index in [0.29, 0.717) is 28.8 Å². The lowest BCUT2D eigenvalue weighted by atomic mass is 10.2. The second kappa shape index (κ2) is 8.46. The molecule has 0 radical (unpaired) electrons. The smallest absolute Gasteiger partial charge is 0.271 e. The number of carbonyl (C=O) groups is 1. The Morgan fingerprint density at radius 2 is 2.07 bits per heavy atom. The van der Waals surface area contributed by atoms with Gasteiger partial charge in [0.1, 0.15) is 17.3 Å². The standard InChI is InChI=1S/C19H18ClN5O2/c1-12-6-15(17(27-2)7-14(12)20)25-18-11-22-16(10-23-18)19(26)24-9-13-4-3-5-21-8-13/h3-8,10-11H,9H2,1-2H3,(H,23,25)(H,24,26). The highest BCUT2D eigenvalue weighted by atomic mass is 35.5. The molecular formula is C19H18ClN5O2. The van der Waals surface area contributed by atoms with Crippen LogP contribution in [0.2, 0.25) is 5.02 Å². The van der Waals surface area contributed by atoms with Crippen LogP contribution < -0.4 is 15.4 Å². The van der Waals surface area contributed by atoms with Gasteiger partial charge in [-0.1, -0.05) is 17.7 Å². The van der Waals surface area contributed by atoms with Crippen LogP contribution in [0.5, 0.6) is 5.75 Å². The second-order valence-electron chi connectivity index (χ2n) is 5.76. The molecule has 2 heterocycles. The first-order chi connectivity index (χ1) is 13.1. The maximum atomic E-state index is 12.2. The molecule has 2 N–H and O–H groups in total. The number of aryl methyl sites for hydroxylation is 1. The van der Waals surface area contributed by atoms with Crippen molar-refractivity contribution in [3.8, 4) is 5.75 Å². The molecule has 0 saturated heterocycles. The molecule has 0 atom stereocenters. The highest BCUT2D eigenvalue weighted by Crippen LogP contribution is 2.32. The molecule has 27 heavy (non-hydrogen) atoms. The summed E-state index contributed by atoms with van der Waals surface area (Å²) < 4.78 is 5.32. The summed E-state index contributed by atoms with van der Waals surface area (Å²) in [5, 5.41) is 6.51. The van der Waals surface area contributed by atoms with Crippen molar-refractivity contribution in [2.24, 2.45) is 0 Å². The number of carbonyl (C=O) groups excluding carboxylic acids is 1. The first-order valence-corrected chi connectivity index (χ1v) is 8.55. The molecule has 1 amide bonds. The number of benzene rings is 1. The molecule has 3 aromatic rings. The fourth-order valence-corrected chi connectivity index (χ4v) is 2.51. The lowest BCUT2D eigenvalue weighted by Crippen LogP contribution is -2.24. The monoisotopic (exact) mass is 383 g/mol. The summed E-state index contributed by atoms with van der Waals surface area (Å²) in [6, 6.07) is 7.28. The van der Waals surface area contributed by atoms with Crippen LogP contribution in [0.25, 0.3) is 0 Å². The van der Waals surface area contributed by atoms with Crippen LogP contribution in [0.3, 0.4) is 0 Å². The van der Waals surface area contributed by atoms with Gasteiger partial charge < -0.3 is 15.4 Å². The molecule has 3 rings (SSSR count). The fourth-order valence-electron chi connectivity index (χ4n) is 2.35. The first kappa shape index (κ1) is 18.6. The third-order valence-corrected chi connectivity index (χ3v) is 4.21. The number of halogens is 1. The Morgan fingerprint density at radius 3 is 2.74 bits per heavy atom. The molecule has 0 bridgehead atoms. The topological polar surface area (TPSA) is 89.0 Å². The number of hydrogen-bond donors (Lipinski definition) is 2. The number of rotatable bonds is 6. The number of methoxy groups -OCH3 is 1. The van der Waals surface area contributed by atoms with E-state index in [9.17, 15) is 4.79 Å². The van der Waals surface area contributed by atoms with Gasteiger partial charge in [0.05, 0.1) is 25.2 Å². The predicted octanol–water partition coefficient (Wildman–Crippen LogP) is 3.52. The minimum absolute atomic E-state index is 0.226. The Labute approximate surface area is 161 Å². The molecule has 0 spiro atoms. The van der Waals surface area contributed by atoms with Crippen molar-refractivity contribution in [3.63, 3.8) is 0 Å². The van der Waals surface area contributed by atoms with Gasteiger partial charge in [-0.25, -0.2) is 9.97 Å². The molecule has 0 fully saturated rings. The largest absolute Gasteiger partial charge is 0.495 e. The Morgan fingerprint density at radius 1 is 1.22 bits per heavy atom. The molecule has 7 nitrogen and oxygen atoms in total. The second-order valence-corrected chi connectivity index (χ2v) is 6.16. The van der Waals surface area contributed by atoms with Crippen LogP contribution >= 0.6 is 11.6 Å². The van der Waals surface area contributed by atoms with E-state index >= 15 is 0 Å². The molecular weight excluding hydrogens is 366 g/mol. The molecule has 0 saturated carbocycles. The molecule has 1 aromatic carbocycles. The minimum atomic E-state index is -0.308. The van der Waals surface area contributed by atoms with Crippen molar-refractivity contribution < 1.29 is 9.53 Å². The number of hydrogen-bond acceptors (Lipinski definition) is 6. The zero-order chi connectivity index (χ0) is 19.2. The van der Waals surface area contributed by atoms with Gasteiger partial charge >= 0.3 is 0 Å². The Kier molecular flexibility index (Phi) is 5.83. The lowest BCUT2D eigenvalue weighted by Gasteiger charge is -2.12. The van der Waals surface area contributed by atoms with E-state index in [1.807, 2.05) is 25.1 Å². The first-order valence-electron chi connectivity index (χ1n) is 8.17. The predicted molar refractivity (Wildman–Crippen MR) is 103 cm³/mol. The van der Waals surface area contributed by atoms with Crippen LogP contribution in [0.15, 0.2) is 49.1 Å². The summed E-state index contributed by atoms with van der Waals surface area (Å²) in [6.45, 7) is 2.27. The van der Waals surface area contributed by atoms with Crippen molar-refractivity contribution in [2.75, 3.05) is 12.4 Å². The van der Waals surface area contributed by atoms with E-state index in [1.165, 1.54) is 12.4 Å². The quantitative estimate of drug-likeness (QED) is 0.677. The van der Waals surface area contributed by atoms with Gasteiger partial charge in [0.25, 0.3) is 5.91 Å². The van der Waals surface area contributed by atoms with Crippen LogP contribution in [0, 0.1) is 6.92 Å². The van der Waals surface area contributed by atoms with Crippen LogP contribution in [0.4, 0.5) is 11.5 Å². The lowest BCUT2D eigenvalue weighted by molar-refractivity contribution is 0.0945. The van der Waals surface area contributed by atoms with Gasteiger partial charge in [0.2, 0.25) is 0 Å². The maximum absolute atomic E-state index is 12.2. The summed E-state index contributed by atoms with van der Waals surface area (Å²) >= 11 is 6.11. The minimum Gasteiger partial charge on any atom is -0.495 e. The van der Waals surface area contributed by atoms with Gasteiger partial charge in [0, 0.05) is 30.0 Å². The number of anilines is 2. The normalized spacial score (nSPS) is 10.3. The zero-order valence-electron chi connectivity index (χ0n) is 14.9. The van der Waals surface area contributed by atoms with E-state index in [-0.39, 0.29) is 11.6 Å². The summed E-state index contributed by atoms with van der Waals surface area (Å²) in [7, 11) is 1.56. The Balaban J connectivity index is 1.67. The van der Waals surface area contributed by atoms with E-state index in [2.05, 4.69) is 25.6 Å². The molecule has 138 valence electrons.